The minimum Gasteiger partial charge on any atom is -0.481 e. The molecule has 564 valence electrons. The van der Waals surface area contributed by atoms with E-state index in [1.165, 1.54) is 47.4 Å². The summed E-state index contributed by atoms with van der Waals surface area (Å²) in [6.07, 6.45) is 8.87. The SMILES string of the molecule is C.C.C.C.C.COC[C@H](C)C(=O)C[C@H](CC[C@H](Cc1ccccc1)NC(=O)OCc1cncs1)Cc1ccccc1.COC[C@H](C)C(=O)O.COC[C@H](NC(=O)N(C)Cc1csc(C(C)C)n1)C(=O)C[C@H](CC[C@H](Cc1ccccc1)NC(=O)OCc1cncs1)Cc1ccccc1.I.II. The van der Waals surface area contributed by atoms with Gasteiger partial charge in [-0.3, -0.25) is 24.4 Å². The Bertz CT molecular complexity index is 3220. The van der Waals surface area contributed by atoms with Gasteiger partial charge in [-0.1, -0.05) is 179 Å². The van der Waals surface area contributed by atoms with Gasteiger partial charge >= 0.3 is 24.2 Å². The highest BCUT2D eigenvalue weighted by molar-refractivity contribution is 15.0. The molecule has 0 unspecified atom stereocenters. The number of methoxy groups -OCH3 is 3. The van der Waals surface area contributed by atoms with E-state index >= 15 is 0 Å². The number of urea groups is 1. The number of alkyl carbamates (subject to hydrolysis) is 2. The van der Waals surface area contributed by atoms with E-state index in [4.69, 9.17) is 24.1 Å². The topological polar surface area (TPSA) is 247 Å². The molecule has 3 aromatic heterocycles. The Hall–Kier alpha value is -5.54. The van der Waals surface area contributed by atoms with Crippen LogP contribution < -0.4 is 16.0 Å². The number of nitrogens with zero attached hydrogens (tertiary/aromatic N) is 4. The Morgan fingerprint density at radius 2 is 0.911 bits per heavy atom. The second kappa shape index (κ2) is 58.8. The number of carboxylic acid groups (broad SMARTS) is 1. The first-order valence-corrected chi connectivity index (χ1v) is 40.5. The number of hydrogen-bond acceptors (Lipinski definition) is 17. The average molecular weight is 1790 g/mol. The van der Waals surface area contributed by atoms with Crippen molar-refractivity contribution in [3.63, 3.8) is 0 Å². The first-order valence-electron chi connectivity index (χ1n) is 31.5. The van der Waals surface area contributed by atoms with E-state index in [0.29, 0.717) is 57.6 Å². The molecule has 7 aromatic rings. The molecule has 3 heterocycles. The van der Waals surface area contributed by atoms with E-state index in [-0.39, 0.29) is 147 Å². The molecule has 0 aliphatic rings. The third-order valence-corrected chi connectivity index (χ3v) is 17.8. The minimum atomic E-state index is -0.813. The number of ether oxygens (including phenoxy) is 5. The molecule has 0 aliphatic carbocycles. The van der Waals surface area contributed by atoms with Crippen LogP contribution in [-0.4, -0.2) is 127 Å². The number of ketones is 2. The van der Waals surface area contributed by atoms with E-state index in [9.17, 15) is 28.8 Å². The van der Waals surface area contributed by atoms with E-state index in [1.54, 1.807) is 55.8 Å². The summed E-state index contributed by atoms with van der Waals surface area (Å²) in [6.45, 7) is 9.18. The molecular weight excluding hydrogens is 1680 g/mol. The van der Waals surface area contributed by atoms with Crippen molar-refractivity contribution >= 4 is 131 Å². The molecule has 0 radical (unpaired) electrons. The van der Waals surface area contributed by atoms with Gasteiger partial charge in [-0.15, -0.1) is 58.0 Å². The van der Waals surface area contributed by atoms with Crippen molar-refractivity contribution in [2.24, 2.45) is 23.7 Å². The molecule has 25 heteroatoms. The van der Waals surface area contributed by atoms with Gasteiger partial charge in [0.25, 0.3) is 0 Å². The predicted octanol–water partition coefficient (Wildman–Crippen LogP) is 18.8. The maximum Gasteiger partial charge on any atom is 0.407 e. The molecule has 7 atom stereocenters. The summed E-state index contributed by atoms with van der Waals surface area (Å²) >= 11 is 8.71. The van der Waals surface area contributed by atoms with E-state index < -0.39 is 24.2 Å². The number of amides is 4. The number of aliphatic carboxylic acids is 1. The van der Waals surface area contributed by atoms with Crippen molar-refractivity contribution in [1.82, 2.24) is 35.8 Å². The summed E-state index contributed by atoms with van der Waals surface area (Å²) < 4.78 is 26.1. The summed E-state index contributed by atoms with van der Waals surface area (Å²) in [5, 5.41) is 20.2. The van der Waals surface area contributed by atoms with Gasteiger partial charge in [0.15, 0.2) is 5.78 Å². The molecule has 101 heavy (non-hydrogen) atoms. The average Bonchev–Trinajstić information content (AvgIpc) is 1.85. The number of thiazole rings is 3. The van der Waals surface area contributed by atoms with Crippen LogP contribution in [0, 0.1) is 23.7 Å². The maximum atomic E-state index is 13.8. The highest BCUT2D eigenvalue weighted by atomic mass is 128. The number of hydrogen-bond donors (Lipinski definition) is 4. The lowest BCUT2D eigenvalue weighted by molar-refractivity contribution is -0.142. The molecule has 0 fully saturated rings. The summed E-state index contributed by atoms with van der Waals surface area (Å²) in [7, 11) is 6.32. The zero-order valence-corrected chi connectivity index (χ0v) is 65.1. The monoisotopic (exact) mass is 1790 g/mol. The summed E-state index contributed by atoms with van der Waals surface area (Å²) in [6, 6.07) is 39.0. The highest BCUT2D eigenvalue weighted by Crippen LogP contribution is 2.26. The van der Waals surface area contributed by atoms with E-state index in [1.807, 2.05) is 97.2 Å². The van der Waals surface area contributed by atoms with Crippen molar-refractivity contribution in [2.75, 3.05) is 48.2 Å². The van der Waals surface area contributed by atoms with Crippen molar-refractivity contribution < 1.29 is 57.6 Å². The second-order valence-electron chi connectivity index (χ2n) is 23.5. The van der Waals surface area contributed by atoms with Crippen LogP contribution in [0.2, 0.25) is 0 Å². The predicted molar refractivity (Wildman–Crippen MR) is 442 cm³/mol. The first kappa shape index (κ1) is 99.6. The van der Waals surface area contributed by atoms with Crippen LogP contribution in [-0.2, 0) is 83.5 Å². The molecule has 0 bridgehead atoms. The number of carbonyl (C=O) groups is 6. The lowest BCUT2D eigenvalue weighted by Crippen LogP contribution is -2.49. The smallest absolute Gasteiger partial charge is 0.407 e. The van der Waals surface area contributed by atoms with Crippen LogP contribution in [0.1, 0.15) is 152 Å². The summed E-state index contributed by atoms with van der Waals surface area (Å²) in [4.78, 5) is 91.3. The van der Waals surface area contributed by atoms with Gasteiger partial charge < -0.3 is 49.6 Å². The zero-order chi connectivity index (χ0) is 69.2. The largest absolute Gasteiger partial charge is 0.481 e. The Balaban J connectivity index is -0.00000164. The third-order valence-electron chi connectivity index (χ3n) is 15.1. The molecule has 7 rings (SSSR count). The molecule has 4 aromatic carbocycles. The molecule has 0 saturated heterocycles. The third kappa shape index (κ3) is 42.1. The molecule has 19 nitrogen and oxygen atoms in total. The summed E-state index contributed by atoms with van der Waals surface area (Å²) in [5.74, 6) is -0.766. The van der Waals surface area contributed by atoms with Gasteiger partial charge in [0, 0.05) is 120 Å². The minimum absolute atomic E-state index is 0. The van der Waals surface area contributed by atoms with Crippen molar-refractivity contribution in [2.45, 2.75) is 173 Å². The van der Waals surface area contributed by atoms with E-state index in [0.717, 1.165) is 56.4 Å². The van der Waals surface area contributed by atoms with Crippen LogP contribution in [0.25, 0.3) is 0 Å². The van der Waals surface area contributed by atoms with Crippen molar-refractivity contribution in [1.29, 1.82) is 0 Å². The quantitative estimate of drug-likeness (QED) is 0.0264. The highest BCUT2D eigenvalue weighted by Gasteiger charge is 2.28. The second-order valence-corrected chi connectivity index (χ2v) is 26.3. The van der Waals surface area contributed by atoms with E-state index in [2.05, 4.69) is 123 Å². The Labute approximate surface area is 656 Å². The Kier molecular flexibility index (Phi) is 58.0. The van der Waals surface area contributed by atoms with Gasteiger partial charge in [-0.2, -0.15) is 0 Å². The zero-order valence-electron chi connectivity index (χ0n) is 56.0. The number of halogens is 3. The molecular formula is C76H114I3N7O12S3. The maximum absolute atomic E-state index is 13.8. The van der Waals surface area contributed by atoms with Crippen LogP contribution >= 0.6 is 95.2 Å². The van der Waals surface area contributed by atoms with Crippen molar-refractivity contribution in [3.05, 3.63) is 193 Å². The normalized spacial score (nSPS) is 12.2. The number of benzene rings is 4. The lowest BCUT2D eigenvalue weighted by Gasteiger charge is -2.25. The molecule has 0 aliphatic heterocycles. The molecule has 4 N–H and O–H groups in total. The molecule has 0 spiro atoms. The first-order chi connectivity index (χ1) is 45.9. The Morgan fingerprint density at radius 3 is 1.26 bits per heavy atom. The van der Waals surface area contributed by atoms with Gasteiger partial charge in [-0.05, 0) is 92.4 Å². The van der Waals surface area contributed by atoms with Crippen LogP contribution in [0.3, 0.4) is 0 Å². The molecule has 4 amide bonds. The van der Waals surface area contributed by atoms with Gasteiger partial charge in [-0.25, -0.2) is 19.4 Å². The van der Waals surface area contributed by atoms with Gasteiger partial charge in [0.2, 0.25) is 0 Å². The fraction of sp³-hybridized carbons (Fsp3) is 0.487. The lowest BCUT2D eigenvalue weighted by atomic mass is 9.86. The molecule has 0 saturated carbocycles. The van der Waals surface area contributed by atoms with Crippen LogP contribution in [0.5, 0.6) is 0 Å². The standard InChI is InChI=1S/C37H47N5O5S2.C29H36N2O4S.C5H10O3.5CH4.I2.HI/c1-26(2)35-39-31(24-48-35)21-42(3)36(44)41-33(23-46-4)34(43)19-29(17-27-11-7-5-8-12-27)15-16-30(18-28-13-9-6-10-14-28)40-37(45)47-22-32-20-38-25-49-32;1-22(19-34-2)28(32)17-25(15-23-9-5-3-6-10-23)13-14-26(16-24-11-7-4-8-12-24)31-29(33)35-20-27-18-30-21-36-27;1-4(3-8-2)5(6)7;;;;;;1-2;/h5-14,20,24-26,29-30,33H,15-19,21-23H2,1-4H3,(H,40,45)(H,41,44);3-12,18,21-22,25-26H,13-17,19-20H2,1-2H3,(H,31,33);4H,3H2,1-2H3,(H,6,7);5*1H4;;1H/t29-,30-,33+;22-,25+,26+;4-;;;;;;;/m100......./s1. The van der Waals surface area contributed by atoms with Crippen LogP contribution in [0.4, 0.5) is 14.4 Å². The Morgan fingerprint density at radius 1 is 0.525 bits per heavy atom. The number of nitrogens with one attached hydrogen (secondary N) is 3. The summed E-state index contributed by atoms with van der Waals surface area (Å²) in [5.41, 5.74) is 8.81. The number of carbonyl (C=O) groups excluding carboxylic acids is 5. The van der Waals surface area contributed by atoms with Gasteiger partial charge in [0.1, 0.15) is 25.0 Å². The van der Waals surface area contributed by atoms with Gasteiger partial charge in [0.05, 0.1) is 63.8 Å². The van der Waals surface area contributed by atoms with Crippen molar-refractivity contribution in [3.8, 4) is 0 Å². The number of carboxylic acids is 1. The fourth-order valence-electron chi connectivity index (χ4n) is 10.1. The fourth-order valence-corrected chi connectivity index (χ4v) is 11.9. The number of Topliss-reactive ketones (excluding diaryl/α,β-unsaturated/α-hetero) is 2. The number of aromatic nitrogens is 3. The number of rotatable bonds is 37. The van der Waals surface area contributed by atoms with Crippen LogP contribution in [0.15, 0.2) is 150 Å².